The molecular weight excluding hydrogens is 431 g/mol. The summed E-state index contributed by atoms with van der Waals surface area (Å²) in [6.07, 6.45) is 3.67. The van der Waals surface area contributed by atoms with Crippen molar-refractivity contribution in [2.24, 2.45) is 11.3 Å². The molecule has 0 spiro atoms. The average molecular weight is 457 g/mol. The van der Waals surface area contributed by atoms with Crippen LogP contribution in [0.1, 0.15) is 51.3 Å². The number of thiazole rings is 1. The Morgan fingerprint density at radius 1 is 1.36 bits per heavy atom. The van der Waals surface area contributed by atoms with Crippen molar-refractivity contribution in [2.45, 2.75) is 62.6 Å². The van der Waals surface area contributed by atoms with E-state index in [1.807, 2.05) is 17.5 Å². The van der Waals surface area contributed by atoms with Crippen LogP contribution in [0.2, 0.25) is 10.0 Å². The van der Waals surface area contributed by atoms with Crippen LogP contribution in [0.3, 0.4) is 0 Å². The van der Waals surface area contributed by atoms with Gasteiger partial charge in [-0.25, -0.2) is 4.98 Å². The summed E-state index contributed by atoms with van der Waals surface area (Å²) >= 11 is 15.4. The first-order valence-electron chi connectivity index (χ1n) is 9.51. The zero-order valence-corrected chi connectivity index (χ0v) is 19.6. The monoisotopic (exact) mass is 456 g/mol. The first kappa shape index (κ1) is 21.9. The van der Waals surface area contributed by atoms with Crippen molar-refractivity contribution in [2.75, 3.05) is 0 Å². The fraction of sp³-hybridized carbons (Fsp3) is 0.524. The van der Waals surface area contributed by atoms with Crippen LogP contribution in [-0.2, 0) is 17.0 Å². The lowest BCUT2D eigenvalue weighted by molar-refractivity contribution is -0.121. The van der Waals surface area contributed by atoms with Gasteiger partial charge >= 0.3 is 0 Å². The lowest BCUT2D eigenvalue weighted by Gasteiger charge is -2.39. The number of nitrogens with zero attached hydrogens (tertiary/aromatic N) is 1. The van der Waals surface area contributed by atoms with E-state index in [1.165, 1.54) is 6.42 Å². The third kappa shape index (κ3) is 6.38. The number of carbonyl (C=O) groups is 1. The first-order valence-corrected chi connectivity index (χ1v) is 12.1. The minimum absolute atomic E-state index is 0.0671. The summed E-state index contributed by atoms with van der Waals surface area (Å²) in [5, 5.41) is 6.50. The summed E-state index contributed by atoms with van der Waals surface area (Å²) in [6, 6.07) is 5.80. The molecule has 152 valence electrons. The van der Waals surface area contributed by atoms with Crippen molar-refractivity contribution >= 4 is 52.2 Å². The third-order valence-electron chi connectivity index (χ3n) is 4.99. The molecule has 1 aliphatic carbocycles. The standard InChI is InChI=1S/C21H26Cl2N2OS2/c1-13-6-16(10-21(2,3)9-13)24-19(26)8-17-12-28-20(25-17)27-11-14-4-5-15(22)7-18(14)23/h4-5,7,12-13,16H,6,8-11H2,1-3H3,(H,24,26). The molecule has 0 radical (unpaired) electrons. The van der Waals surface area contributed by atoms with E-state index < -0.39 is 0 Å². The van der Waals surface area contributed by atoms with Crippen LogP contribution in [0.5, 0.6) is 0 Å². The molecular formula is C21H26Cl2N2OS2. The molecule has 28 heavy (non-hydrogen) atoms. The molecule has 2 unspecified atom stereocenters. The number of hydrogen-bond donors (Lipinski definition) is 1. The van der Waals surface area contributed by atoms with E-state index in [0.717, 1.165) is 34.2 Å². The van der Waals surface area contributed by atoms with Gasteiger partial charge in [-0.3, -0.25) is 4.79 Å². The van der Waals surface area contributed by atoms with Crippen molar-refractivity contribution in [3.8, 4) is 0 Å². The second-order valence-electron chi connectivity index (χ2n) is 8.48. The maximum absolute atomic E-state index is 12.5. The molecule has 1 aliphatic rings. The number of halogens is 2. The van der Waals surface area contributed by atoms with Crippen LogP contribution < -0.4 is 5.32 Å². The smallest absolute Gasteiger partial charge is 0.226 e. The number of hydrogen-bond acceptors (Lipinski definition) is 4. The Morgan fingerprint density at radius 3 is 2.86 bits per heavy atom. The van der Waals surface area contributed by atoms with E-state index in [0.29, 0.717) is 27.8 Å². The van der Waals surface area contributed by atoms with Crippen molar-refractivity contribution in [1.82, 2.24) is 10.3 Å². The van der Waals surface area contributed by atoms with Crippen LogP contribution in [0.4, 0.5) is 0 Å². The Labute approximate surface area is 185 Å². The highest BCUT2D eigenvalue weighted by atomic mass is 35.5. The number of benzene rings is 1. The van der Waals surface area contributed by atoms with E-state index >= 15 is 0 Å². The van der Waals surface area contributed by atoms with Gasteiger partial charge in [0.15, 0.2) is 0 Å². The molecule has 1 amide bonds. The highest BCUT2D eigenvalue weighted by Crippen LogP contribution is 2.38. The molecule has 3 nitrogen and oxygen atoms in total. The molecule has 7 heteroatoms. The zero-order valence-electron chi connectivity index (χ0n) is 16.4. The summed E-state index contributed by atoms with van der Waals surface area (Å²) in [5.41, 5.74) is 2.15. The first-order chi connectivity index (χ1) is 13.2. The molecule has 2 atom stereocenters. The normalized spacial score (nSPS) is 21.5. The van der Waals surface area contributed by atoms with E-state index in [4.69, 9.17) is 23.2 Å². The number of nitrogens with one attached hydrogen (secondary N) is 1. The van der Waals surface area contributed by atoms with Crippen molar-refractivity contribution in [1.29, 1.82) is 0 Å². The van der Waals surface area contributed by atoms with Gasteiger partial charge in [-0.1, -0.05) is 61.8 Å². The lowest BCUT2D eigenvalue weighted by atomic mass is 9.70. The van der Waals surface area contributed by atoms with Gasteiger partial charge in [0.25, 0.3) is 0 Å². The zero-order chi connectivity index (χ0) is 20.3. The van der Waals surface area contributed by atoms with Crippen molar-refractivity contribution < 1.29 is 4.79 Å². The number of rotatable bonds is 6. The van der Waals surface area contributed by atoms with E-state index in [9.17, 15) is 4.79 Å². The van der Waals surface area contributed by atoms with Gasteiger partial charge in [0, 0.05) is 27.2 Å². The Morgan fingerprint density at radius 2 is 2.14 bits per heavy atom. The molecule has 0 aliphatic heterocycles. The summed E-state index contributed by atoms with van der Waals surface area (Å²) in [7, 11) is 0. The van der Waals surface area contributed by atoms with Crippen molar-refractivity contribution in [3.05, 3.63) is 44.9 Å². The van der Waals surface area contributed by atoms with E-state index in [-0.39, 0.29) is 11.9 Å². The number of aromatic nitrogens is 1. The van der Waals surface area contributed by atoms with Gasteiger partial charge in [0.2, 0.25) is 5.91 Å². The predicted molar refractivity (Wildman–Crippen MR) is 121 cm³/mol. The quantitative estimate of drug-likeness (QED) is 0.496. The topological polar surface area (TPSA) is 42.0 Å². The fourth-order valence-electron chi connectivity index (χ4n) is 4.11. The average Bonchev–Trinajstić information content (AvgIpc) is 2.99. The molecule has 1 saturated carbocycles. The van der Waals surface area contributed by atoms with Crippen LogP contribution in [0.25, 0.3) is 0 Å². The molecule has 1 aromatic heterocycles. The molecule has 3 rings (SSSR count). The lowest BCUT2D eigenvalue weighted by Crippen LogP contribution is -2.43. The minimum atomic E-state index is 0.0671. The maximum atomic E-state index is 12.5. The molecule has 0 saturated heterocycles. The van der Waals surface area contributed by atoms with Crippen LogP contribution in [0.15, 0.2) is 27.9 Å². The molecule has 1 fully saturated rings. The Bertz CT molecular complexity index is 838. The highest BCUT2D eigenvalue weighted by Gasteiger charge is 2.32. The number of thioether (sulfide) groups is 1. The second kappa shape index (κ2) is 9.38. The molecule has 1 heterocycles. The van der Waals surface area contributed by atoms with Crippen LogP contribution in [0, 0.1) is 11.3 Å². The Kier molecular flexibility index (Phi) is 7.35. The fourth-order valence-corrected chi connectivity index (χ4v) is 6.52. The van der Waals surface area contributed by atoms with Crippen LogP contribution in [-0.4, -0.2) is 16.9 Å². The highest BCUT2D eigenvalue weighted by molar-refractivity contribution is 8.00. The van der Waals surface area contributed by atoms with E-state index in [1.54, 1.807) is 29.2 Å². The van der Waals surface area contributed by atoms with Gasteiger partial charge < -0.3 is 5.32 Å². The summed E-state index contributed by atoms with van der Waals surface area (Å²) in [6.45, 7) is 6.86. The number of amides is 1. The number of carbonyl (C=O) groups excluding carboxylic acids is 1. The SMILES string of the molecule is CC1CC(NC(=O)Cc2csc(SCc3ccc(Cl)cc3Cl)n2)CC(C)(C)C1. The van der Waals surface area contributed by atoms with E-state index in [2.05, 4.69) is 31.1 Å². The maximum Gasteiger partial charge on any atom is 0.226 e. The largest absolute Gasteiger partial charge is 0.353 e. The minimum Gasteiger partial charge on any atom is -0.353 e. The summed E-state index contributed by atoms with van der Waals surface area (Å²) < 4.78 is 0.946. The third-order valence-corrected chi connectivity index (χ3v) is 7.70. The van der Waals surface area contributed by atoms with Crippen LogP contribution >= 0.6 is 46.3 Å². The molecule has 2 aromatic rings. The predicted octanol–water partition coefficient (Wildman–Crippen LogP) is 6.62. The molecule has 1 N–H and O–H groups in total. The summed E-state index contributed by atoms with van der Waals surface area (Å²) in [5.74, 6) is 1.44. The van der Waals surface area contributed by atoms with Gasteiger partial charge in [0.05, 0.1) is 12.1 Å². The summed E-state index contributed by atoms with van der Waals surface area (Å²) in [4.78, 5) is 17.1. The van der Waals surface area contributed by atoms with Gasteiger partial charge in [-0.2, -0.15) is 0 Å². The van der Waals surface area contributed by atoms with Crippen molar-refractivity contribution in [3.63, 3.8) is 0 Å². The molecule has 0 bridgehead atoms. The van der Waals surface area contributed by atoms with Gasteiger partial charge in [-0.05, 0) is 48.3 Å². The second-order valence-corrected chi connectivity index (χ2v) is 11.4. The Balaban J connectivity index is 1.50. The van der Waals surface area contributed by atoms with Gasteiger partial charge in [0.1, 0.15) is 4.34 Å². The molecule has 1 aromatic carbocycles. The Hall–Kier alpha value is -0.750. The van der Waals surface area contributed by atoms with Gasteiger partial charge in [-0.15, -0.1) is 11.3 Å².